The Hall–Kier alpha value is -2.09. The summed E-state index contributed by atoms with van der Waals surface area (Å²) in [6, 6.07) is 3.55. The van der Waals surface area contributed by atoms with Crippen molar-refractivity contribution in [3.8, 4) is 5.69 Å². The number of aliphatic carboxylic acids is 1. The Bertz CT molecular complexity index is 677. The van der Waals surface area contributed by atoms with Crippen LogP contribution in [0.25, 0.3) is 5.69 Å². The summed E-state index contributed by atoms with van der Waals surface area (Å²) in [7, 11) is 0. The quantitative estimate of drug-likeness (QED) is 0.801. The third-order valence-corrected chi connectivity index (χ3v) is 3.33. The summed E-state index contributed by atoms with van der Waals surface area (Å²) in [5.41, 5.74) is 1.71. The molecule has 0 aliphatic carbocycles. The van der Waals surface area contributed by atoms with Crippen molar-refractivity contribution in [1.82, 2.24) is 19.7 Å². The Morgan fingerprint density at radius 3 is 2.84 bits per heavy atom. The number of hydrogen-bond donors (Lipinski definition) is 2. The van der Waals surface area contributed by atoms with E-state index in [4.69, 9.17) is 5.11 Å². The minimum Gasteiger partial charge on any atom is -0.481 e. The van der Waals surface area contributed by atoms with E-state index in [1.165, 1.54) is 4.57 Å². The van der Waals surface area contributed by atoms with Crippen LogP contribution in [0.3, 0.4) is 0 Å². The predicted octanol–water partition coefficient (Wildman–Crippen LogP) is 0.749. The number of nitrogens with one attached hydrogen (secondary N) is 1. The molecular weight excluding hydrogens is 268 g/mol. The average molecular weight is 280 g/mol. The second-order valence-electron chi connectivity index (χ2n) is 3.89. The van der Waals surface area contributed by atoms with Crippen LogP contribution in [0.2, 0.25) is 0 Å². The molecule has 2 aromatic heterocycles. The molecule has 19 heavy (non-hydrogen) atoms. The molecule has 0 aliphatic heterocycles. The van der Waals surface area contributed by atoms with Crippen molar-refractivity contribution < 1.29 is 9.90 Å². The summed E-state index contributed by atoms with van der Waals surface area (Å²) in [6.45, 7) is 3.64. The summed E-state index contributed by atoms with van der Waals surface area (Å²) in [5, 5.41) is 15.1. The van der Waals surface area contributed by atoms with E-state index in [1.54, 1.807) is 19.1 Å². The van der Waals surface area contributed by atoms with Crippen LogP contribution in [-0.4, -0.2) is 36.6 Å². The van der Waals surface area contributed by atoms with Gasteiger partial charge < -0.3 is 5.11 Å². The van der Waals surface area contributed by atoms with Crippen molar-refractivity contribution in [2.24, 2.45) is 0 Å². The standard InChI is InChI=1S/C11H12N4O3S/c1-6-3-4-8(7(2)12-6)15-10(18)13-14-11(15)19-5-9(16)17/h3-4H,5H2,1-2H3,(H,13,18)(H,16,17). The van der Waals surface area contributed by atoms with Gasteiger partial charge in [-0.2, -0.15) is 0 Å². The van der Waals surface area contributed by atoms with E-state index in [1.807, 2.05) is 6.92 Å². The zero-order chi connectivity index (χ0) is 14.0. The Balaban J connectivity index is 2.46. The largest absolute Gasteiger partial charge is 0.481 e. The fraction of sp³-hybridized carbons (Fsp3) is 0.273. The highest BCUT2D eigenvalue weighted by Crippen LogP contribution is 2.19. The van der Waals surface area contributed by atoms with Gasteiger partial charge in [0.1, 0.15) is 0 Å². The maximum Gasteiger partial charge on any atom is 0.348 e. The van der Waals surface area contributed by atoms with Gasteiger partial charge in [-0.3, -0.25) is 9.78 Å². The Kier molecular flexibility index (Phi) is 3.70. The van der Waals surface area contributed by atoms with E-state index in [0.717, 1.165) is 17.5 Å². The third kappa shape index (κ3) is 2.84. The smallest absolute Gasteiger partial charge is 0.348 e. The number of rotatable bonds is 4. The normalized spacial score (nSPS) is 10.6. The van der Waals surface area contributed by atoms with Crippen LogP contribution in [0.1, 0.15) is 11.4 Å². The molecule has 100 valence electrons. The fourth-order valence-corrected chi connectivity index (χ4v) is 2.31. The van der Waals surface area contributed by atoms with Gasteiger partial charge in [0.15, 0.2) is 5.16 Å². The summed E-state index contributed by atoms with van der Waals surface area (Å²) < 4.78 is 1.33. The van der Waals surface area contributed by atoms with Crippen molar-refractivity contribution in [3.05, 3.63) is 34.0 Å². The number of carbonyl (C=O) groups is 1. The van der Waals surface area contributed by atoms with Gasteiger partial charge in [-0.15, -0.1) is 5.10 Å². The minimum atomic E-state index is -0.967. The predicted molar refractivity (Wildman–Crippen MR) is 69.8 cm³/mol. The van der Waals surface area contributed by atoms with Crippen LogP contribution in [-0.2, 0) is 4.79 Å². The van der Waals surface area contributed by atoms with Gasteiger partial charge in [-0.05, 0) is 26.0 Å². The Labute approximate surface area is 112 Å². The fourth-order valence-electron chi connectivity index (χ4n) is 1.63. The van der Waals surface area contributed by atoms with Gasteiger partial charge in [0.2, 0.25) is 0 Å². The van der Waals surface area contributed by atoms with E-state index in [-0.39, 0.29) is 5.75 Å². The maximum absolute atomic E-state index is 11.8. The number of aryl methyl sites for hydroxylation is 2. The molecule has 0 saturated carbocycles. The minimum absolute atomic E-state index is 0.164. The highest BCUT2D eigenvalue weighted by molar-refractivity contribution is 7.99. The van der Waals surface area contributed by atoms with Crippen molar-refractivity contribution in [2.45, 2.75) is 19.0 Å². The molecule has 0 radical (unpaired) electrons. The molecule has 8 heteroatoms. The van der Waals surface area contributed by atoms with Crippen LogP contribution in [0, 0.1) is 13.8 Å². The van der Waals surface area contributed by atoms with Crippen molar-refractivity contribution in [1.29, 1.82) is 0 Å². The topological polar surface area (TPSA) is 101 Å². The number of pyridine rings is 1. The number of thioether (sulfide) groups is 1. The van der Waals surface area contributed by atoms with Crippen LogP contribution < -0.4 is 5.69 Å². The first kappa shape index (κ1) is 13.3. The number of aromatic nitrogens is 4. The zero-order valence-electron chi connectivity index (χ0n) is 10.4. The monoisotopic (exact) mass is 280 g/mol. The lowest BCUT2D eigenvalue weighted by atomic mass is 10.3. The first-order valence-corrected chi connectivity index (χ1v) is 6.44. The maximum atomic E-state index is 11.8. The summed E-state index contributed by atoms with van der Waals surface area (Å²) in [6.07, 6.45) is 0. The number of hydrogen-bond acceptors (Lipinski definition) is 5. The van der Waals surface area contributed by atoms with Crippen LogP contribution in [0.5, 0.6) is 0 Å². The first-order valence-electron chi connectivity index (χ1n) is 5.45. The zero-order valence-corrected chi connectivity index (χ0v) is 11.2. The number of carboxylic acid groups (broad SMARTS) is 1. The Morgan fingerprint density at radius 2 is 2.21 bits per heavy atom. The molecule has 2 heterocycles. The number of H-pyrrole nitrogens is 1. The van der Waals surface area contributed by atoms with Crippen molar-refractivity contribution >= 4 is 17.7 Å². The van der Waals surface area contributed by atoms with Gasteiger partial charge >= 0.3 is 11.7 Å². The van der Waals surface area contributed by atoms with Crippen LogP contribution in [0.15, 0.2) is 22.1 Å². The van der Waals surface area contributed by atoms with Gasteiger partial charge in [0, 0.05) is 5.69 Å². The van der Waals surface area contributed by atoms with Gasteiger partial charge in [-0.25, -0.2) is 14.5 Å². The third-order valence-electron chi connectivity index (χ3n) is 2.40. The molecule has 2 aromatic rings. The molecule has 0 atom stereocenters. The highest BCUT2D eigenvalue weighted by Gasteiger charge is 2.14. The summed E-state index contributed by atoms with van der Waals surface area (Å²) in [4.78, 5) is 26.6. The Morgan fingerprint density at radius 1 is 1.47 bits per heavy atom. The van der Waals surface area contributed by atoms with E-state index in [2.05, 4.69) is 15.2 Å². The number of carboxylic acids is 1. The second kappa shape index (κ2) is 5.27. The van der Waals surface area contributed by atoms with E-state index in [9.17, 15) is 9.59 Å². The molecule has 0 saturated heterocycles. The molecule has 0 spiro atoms. The lowest BCUT2D eigenvalue weighted by Gasteiger charge is -2.07. The molecular formula is C11H12N4O3S. The van der Waals surface area contributed by atoms with Crippen LogP contribution >= 0.6 is 11.8 Å². The van der Waals surface area contributed by atoms with E-state index < -0.39 is 11.7 Å². The van der Waals surface area contributed by atoms with Crippen molar-refractivity contribution in [3.63, 3.8) is 0 Å². The molecule has 0 amide bonds. The van der Waals surface area contributed by atoms with E-state index in [0.29, 0.717) is 16.5 Å². The first-order chi connectivity index (χ1) is 8.99. The highest BCUT2D eigenvalue weighted by atomic mass is 32.2. The molecule has 7 nitrogen and oxygen atoms in total. The summed E-state index contributed by atoms with van der Waals surface area (Å²) >= 11 is 0.977. The van der Waals surface area contributed by atoms with Gasteiger partial charge in [0.25, 0.3) is 0 Å². The second-order valence-corrected chi connectivity index (χ2v) is 4.83. The average Bonchev–Trinajstić information content (AvgIpc) is 2.68. The molecule has 0 aliphatic rings. The molecule has 2 rings (SSSR count). The SMILES string of the molecule is Cc1ccc(-n2c(SCC(=O)O)n[nH]c2=O)c(C)n1. The molecule has 0 fully saturated rings. The molecule has 0 aromatic carbocycles. The van der Waals surface area contributed by atoms with Gasteiger partial charge in [0.05, 0.1) is 17.1 Å². The van der Waals surface area contributed by atoms with E-state index >= 15 is 0 Å². The number of aromatic amines is 1. The molecule has 0 unspecified atom stereocenters. The molecule has 2 N–H and O–H groups in total. The summed E-state index contributed by atoms with van der Waals surface area (Å²) in [5.74, 6) is -1.13. The van der Waals surface area contributed by atoms with Crippen LogP contribution in [0.4, 0.5) is 0 Å². The lowest BCUT2D eigenvalue weighted by Crippen LogP contribution is -2.17. The number of nitrogens with zero attached hydrogens (tertiary/aromatic N) is 3. The van der Waals surface area contributed by atoms with Gasteiger partial charge in [-0.1, -0.05) is 11.8 Å². The molecule has 0 bridgehead atoms. The van der Waals surface area contributed by atoms with Crippen molar-refractivity contribution in [2.75, 3.05) is 5.75 Å². The lowest BCUT2D eigenvalue weighted by molar-refractivity contribution is -0.133.